The summed E-state index contributed by atoms with van der Waals surface area (Å²) in [4.78, 5) is 20.1. The Bertz CT molecular complexity index is 2540. The minimum Gasteiger partial charge on any atom is -0.438 e. The quantitative estimate of drug-likeness (QED) is 0.183. The Morgan fingerprint density at radius 2 is 0.837 bits per heavy atom. The van der Waals surface area contributed by atoms with Gasteiger partial charge in [0.25, 0.3) is 0 Å². The Hall–Kier alpha value is -6.72. The summed E-state index contributed by atoms with van der Waals surface area (Å²) >= 11 is 0. The third-order valence-corrected chi connectivity index (χ3v) is 8.73. The molecule has 9 aromatic rings. The Kier molecular flexibility index (Phi) is 7.06. The van der Waals surface area contributed by atoms with Crippen molar-refractivity contribution in [2.75, 3.05) is 0 Å². The molecule has 0 N–H and O–H groups in total. The Morgan fingerprint density at radius 3 is 1.49 bits per heavy atom. The molecule has 0 bridgehead atoms. The van der Waals surface area contributed by atoms with Gasteiger partial charge in [0.1, 0.15) is 5.58 Å². The maximum atomic E-state index is 6.27. The molecule has 0 saturated carbocycles. The molecule has 5 heteroatoms. The van der Waals surface area contributed by atoms with Gasteiger partial charge in [-0.15, -0.1) is 0 Å². The predicted octanol–water partition coefficient (Wildman–Crippen LogP) is 11.2. The van der Waals surface area contributed by atoms with Crippen molar-refractivity contribution < 1.29 is 4.42 Å². The lowest BCUT2D eigenvalue weighted by molar-refractivity contribution is 0.653. The normalized spacial score (nSPS) is 11.3. The highest BCUT2D eigenvalue weighted by Crippen LogP contribution is 2.38. The van der Waals surface area contributed by atoms with Crippen LogP contribution in [0, 0.1) is 0 Å². The molecule has 0 aliphatic carbocycles. The number of hydrogen-bond donors (Lipinski definition) is 0. The van der Waals surface area contributed by atoms with Crippen LogP contribution in [0.3, 0.4) is 0 Å². The van der Waals surface area contributed by atoms with Gasteiger partial charge >= 0.3 is 0 Å². The van der Waals surface area contributed by atoms with Crippen molar-refractivity contribution in [2.24, 2.45) is 0 Å². The summed E-state index contributed by atoms with van der Waals surface area (Å²) in [7, 11) is 0. The first-order valence-electron chi connectivity index (χ1n) is 16.2. The lowest BCUT2D eigenvalue weighted by Crippen LogP contribution is -1.96. The molecular weight excluding hydrogens is 601 g/mol. The predicted molar refractivity (Wildman–Crippen MR) is 198 cm³/mol. The largest absolute Gasteiger partial charge is 0.438 e. The van der Waals surface area contributed by atoms with Crippen LogP contribution in [0.5, 0.6) is 0 Å². The van der Waals surface area contributed by atoms with Crippen molar-refractivity contribution in [3.8, 4) is 67.7 Å². The maximum absolute atomic E-state index is 6.27. The monoisotopic (exact) mass is 628 g/mol. The van der Waals surface area contributed by atoms with Crippen LogP contribution in [0.15, 0.2) is 174 Å². The molecule has 0 radical (unpaired) electrons. The van der Waals surface area contributed by atoms with Crippen molar-refractivity contribution >= 4 is 22.1 Å². The van der Waals surface area contributed by atoms with Gasteiger partial charge in [0, 0.05) is 33.2 Å². The van der Waals surface area contributed by atoms with Crippen molar-refractivity contribution in [3.63, 3.8) is 0 Å². The van der Waals surface area contributed by atoms with Gasteiger partial charge in [-0.2, -0.15) is 4.98 Å². The Balaban J connectivity index is 1.17. The molecule has 0 aliphatic heterocycles. The number of nitrogens with zero attached hydrogens (tertiary/aromatic N) is 4. The zero-order valence-electron chi connectivity index (χ0n) is 26.4. The molecule has 6 aromatic carbocycles. The minimum atomic E-state index is 0.571. The first-order chi connectivity index (χ1) is 24.3. The van der Waals surface area contributed by atoms with Crippen LogP contribution in [0.25, 0.3) is 89.7 Å². The standard InChI is InChI=1S/C44H28N4O/c1-4-14-29(15-5-1)37-28-38(30-16-6-2-7-17-30)46-43(45-37)35-23-13-21-33(27-35)32-20-12-22-34(26-32)41-40-36-24-10-11-25-39(36)49-44(40)48-42(47-41)31-18-8-3-9-19-31/h1-28H. The zero-order valence-corrected chi connectivity index (χ0v) is 26.4. The molecule has 0 saturated heterocycles. The van der Waals surface area contributed by atoms with Crippen LogP contribution in [-0.4, -0.2) is 19.9 Å². The lowest BCUT2D eigenvalue weighted by Gasteiger charge is -2.11. The molecule has 3 aromatic heterocycles. The van der Waals surface area contributed by atoms with Gasteiger partial charge in [-0.25, -0.2) is 15.0 Å². The number of benzene rings is 6. The molecular formula is C44H28N4O. The van der Waals surface area contributed by atoms with E-state index in [2.05, 4.69) is 84.9 Å². The highest BCUT2D eigenvalue weighted by molar-refractivity contribution is 6.10. The second-order valence-corrected chi connectivity index (χ2v) is 11.9. The maximum Gasteiger partial charge on any atom is 0.231 e. The highest BCUT2D eigenvalue weighted by Gasteiger charge is 2.19. The summed E-state index contributed by atoms with van der Waals surface area (Å²) in [5, 5.41) is 1.89. The number of para-hydroxylation sites is 1. The summed E-state index contributed by atoms with van der Waals surface area (Å²) in [6.07, 6.45) is 0. The lowest BCUT2D eigenvalue weighted by atomic mass is 9.98. The van der Waals surface area contributed by atoms with E-state index < -0.39 is 0 Å². The third-order valence-electron chi connectivity index (χ3n) is 8.73. The van der Waals surface area contributed by atoms with Crippen molar-refractivity contribution in [3.05, 3.63) is 170 Å². The number of aromatic nitrogens is 4. The van der Waals surface area contributed by atoms with Crippen LogP contribution in [0.1, 0.15) is 0 Å². The summed E-state index contributed by atoms with van der Waals surface area (Å²) in [5.74, 6) is 1.30. The summed E-state index contributed by atoms with van der Waals surface area (Å²) in [6, 6.07) is 57.6. The van der Waals surface area contributed by atoms with Crippen LogP contribution in [-0.2, 0) is 0 Å². The van der Waals surface area contributed by atoms with Gasteiger partial charge < -0.3 is 4.42 Å². The van der Waals surface area contributed by atoms with Crippen molar-refractivity contribution in [2.45, 2.75) is 0 Å². The summed E-state index contributed by atoms with van der Waals surface area (Å²) in [6.45, 7) is 0. The first-order valence-corrected chi connectivity index (χ1v) is 16.2. The van der Waals surface area contributed by atoms with E-state index in [0.29, 0.717) is 17.4 Å². The van der Waals surface area contributed by atoms with Crippen molar-refractivity contribution in [1.29, 1.82) is 0 Å². The molecule has 3 heterocycles. The number of furan rings is 1. The van der Waals surface area contributed by atoms with Crippen LogP contribution >= 0.6 is 0 Å². The average Bonchev–Trinajstić information content (AvgIpc) is 3.57. The Labute approximate surface area is 283 Å². The summed E-state index contributed by atoms with van der Waals surface area (Å²) in [5.41, 5.74) is 11.0. The molecule has 9 rings (SSSR count). The number of fused-ring (bicyclic) bond motifs is 3. The van der Waals surface area contributed by atoms with E-state index >= 15 is 0 Å². The number of hydrogen-bond acceptors (Lipinski definition) is 5. The highest BCUT2D eigenvalue weighted by atomic mass is 16.3. The van der Waals surface area contributed by atoms with Crippen LogP contribution < -0.4 is 0 Å². The molecule has 0 fully saturated rings. The topological polar surface area (TPSA) is 64.7 Å². The molecule has 230 valence electrons. The zero-order chi connectivity index (χ0) is 32.6. The fourth-order valence-electron chi connectivity index (χ4n) is 6.32. The van der Waals surface area contributed by atoms with Gasteiger partial charge in [0.15, 0.2) is 11.6 Å². The molecule has 0 atom stereocenters. The second kappa shape index (κ2) is 12.1. The molecule has 0 aliphatic rings. The van der Waals surface area contributed by atoms with E-state index in [-0.39, 0.29) is 0 Å². The second-order valence-electron chi connectivity index (χ2n) is 11.9. The molecule has 0 unspecified atom stereocenters. The molecule has 0 amide bonds. The number of rotatable bonds is 6. The van der Waals surface area contributed by atoms with E-state index in [1.807, 2.05) is 84.9 Å². The van der Waals surface area contributed by atoms with E-state index in [1.165, 1.54) is 0 Å². The van der Waals surface area contributed by atoms with Gasteiger partial charge in [0.05, 0.1) is 22.5 Å². The molecule has 5 nitrogen and oxygen atoms in total. The van der Waals surface area contributed by atoms with E-state index in [9.17, 15) is 0 Å². The van der Waals surface area contributed by atoms with Gasteiger partial charge in [-0.1, -0.05) is 146 Å². The van der Waals surface area contributed by atoms with Gasteiger partial charge in [-0.3, -0.25) is 0 Å². The van der Waals surface area contributed by atoms with Crippen LogP contribution in [0.2, 0.25) is 0 Å². The van der Waals surface area contributed by atoms with Gasteiger partial charge in [0.2, 0.25) is 5.71 Å². The van der Waals surface area contributed by atoms with E-state index in [4.69, 9.17) is 24.4 Å². The average molecular weight is 629 g/mol. The van der Waals surface area contributed by atoms with Crippen molar-refractivity contribution in [1.82, 2.24) is 19.9 Å². The SMILES string of the molecule is c1ccc(-c2cc(-c3ccccc3)nc(-c3cccc(-c4cccc(-c5nc(-c6ccccc6)nc6oc7ccccc7c56)c4)c3)n2)cc1. The third kappa shape index (κ3) is 5.43. The molecule has 0 spiro atoms. The fraction of sp³-hybridized carbons (Fsp3) is 0. The smallest absolute Gasteiger partial charge is 0.231 e. The minimum absolute atomic E-state index is 0.571. The van der Waals surface area contributed by atoms with Gasteiger partial charge in [-0.05, 0) is 35.4 Å². The summed E-state index contributed by atoms with van der Waals surface area (Å²) < 4.78 is 6.27. The first kappa shape index (κ1) is 28.5. The molecule has 49 heavy (non-hydrogen) atoms. The van der Waals surface area contributed by atoms with Crippen LogP contribution in [0.4, 0.5) is 0 Å². The fourth-order valence-corrected chi connectivity index (χ4v) is 6.32. The van der Waals surface area contributed by atoms with E-state index in [1.54, 1.807) is 0 Å². The van der Waals surface area contributed by atoms with E-state index in [0.717, 1.165) is 72.4 Å². The Morgan fingerprint density at radius 1 is 0.347 bits per heavy atom.